The first-order valence-corrected chi connectivity index (χ1v) is 9.54. The van der Waals surface area contributed by atoms with E-state index >= 15 is 0 Å². The highest BCUT2D eigenvalue weighted by molar-refractivity contribution is 5.83. The first-order chi connectivity index (χ1) is 11.6. The molecule has 0 spiro atoms. The van der Waals surface area contributed by atoms with Crippen LogP contribution in [0.15, 0.2) is 0 Å². The highest BCUT2D eigenvalue weighted by atomic mass is 16.2. The summed E-state index contributed by atoms with van der Waals surface area (Å²) < 4.78 is 0. The zero-order valence-electron chi connectivity index (χ0n) is 17.0. The van der Waals surface area contributed by atoms with Crippen molar-refractivity contribution >= 4 is 11.8 Å². The number of piperidine rings is 1. The van der Waals surface area contributed by atoms with Crippen molar-refractivity contribution < 1.29 is 9.59 Å². The molecule has 2 unspecified atom stereocenters. The van der Waals surface area contributed by atoms with Crippen molar-refractivity contribution in [1.29, 1.82) is 0 Å². The molecule has 1 fully saturated rings. The highest BCUT2D eigenvalue weighted by Crippen LogP contribution is 2.20. The summed E-state index contributed by atoms with van der Waals surface area (Å²) in [4.78, 5) is 28.8. The topological polar surface area (TPSA) is 78.7 Å². The van der Waals surface area contributed by atoms with Gasteiger partial charge in [-0.25, -0.2) is 0 Å². The lowest BCUT2D eigenvalue weighted by atomic mass is 9.91. The molecule has 25 heavy (non-hydrogen) atoms. The Morgan fingerprint density at radius 1 is 1.28 bits per heavy atom. The summed E-state index contributed by atoms with van der Waals surface area (Å²) in [6, 6.07) is -0.429. The van der Waals surface area contributed by atoms with Crippen molar-refractivity contribution in [3.63, 3.8) is 0 Å². The van der Waals surface area contributed by atoms with Crippen molar-refractivity contribution in [3.05, 3.63) is 0 Å². The van der Waals surface area contributed by atoms with Gasteiger partial charge in [-0.2, -0.15) is 0 Å². The minimum Gasteiger partial charge on any atom is -0.355 e. The average Bonchev–Trinajstić information content (AvgIpc) is 2.56. The predicted molar refractivity (Wildman–Crippen MR) is 102 cm³/mol. The second kappa shape index (κ2) is 9.53. The van der Waals surface area contributed by atoms with Gasteiger partial charge in [-0.1, -0.05) is 34.1 Å². The van der Waals surface area contributed by atoms with E-state index in [-0.39, 0.29) is 29.1 Å². The number of carbonyl (C=O) groups is 2. The second-order valence-electron chi connectivity index (χ2n) is 8.63. The van der Waals surface area contributed by atoms with Crippen LogP contribution in [0, 0.1) is 17.3 Å². The molecule has 3 N–H and O–H groups in total. The Kier molecular flexibility index (Phi) is 8.35. The van der Waals surface area contributed by atoms with E-state index in [1.54, 1.807) is 0 Å². The SMILES string of the molecule is CCC(C)C(N)C(=O)N1CCC(C(=O)NCC(C)(C)CN(C)C)CC1. The molecule has 146 valence electrons. The summed E-state index contributed by atoms with van der Waals surface area (Å²) in [5.41, 5.74) is 6.10. The van der Waals surface area contributed by atoms with Crippen molar-refractivity contribution in [2.75, 3.05) is 40.3 Å². The molecule has 0 aromatic carbocycles. The van der Waals surface area contributed by atoms with E-state index in [0.717, 1.165) is 25.8 Å². The number of nitrogens with one attached hydrogen (secondary N) is 1. The van der Waals surface area contributed by atoms with Crippen LogP contribution in [0.25, 0.3) is 0 Å². The molecule has 0 radical (unpaired) electrons. The number of nitrogens with two attached hydrogens (primary N) is 1. The third kappa shape index (κ3) is 6.94. The molecule has 2 amide bonds. The highest BCUT2D eigenvalue weighted by Gasteiger charge is 2.31. The normalized spacial score (nSPS) is 19.0. The number of hydrogen-bond acceptors (Lipinski definition) is 4. The summed E-state index contributed by atoms with van der Waals surface area (Å²) in [7, 11) is 4.08. The molecular weight excluding hydrogens is 316 g/mol. The van der Waals surface area contributed by atoms with Crippen molar-refractivity contribution in [1.82, 2.24) is 15.1 Å². The van der Waals surface area contributed by atoms with Gasteiger partial charge in [0.25, 0.3) is 0 Å². The Hall–Kier alpha value is -1.14. The van der Waals surface area contributed by atoms with Gasteiger partial charge >= 0.3 is 0 Å². The van der Waals surface area contributed by atoms with E-state index in [1.165, 1.54) is 0 Å². The molecular formula is C19H38N4O2. The van der Waals surface area contributed by atoms with Gasteiger partial charge in [-0.05, 0) is 38.3 Å². The van der Waals surface area contributed by atoms with Crippen molar-refractivity contribution in [2.45, 2.75) is 53.0 Å². The van der Waals surface area contributed by atoms with Crippen LogP contribution in [0.5, 0.6) is 0 Å². The molecule has 2 atom stereocenters. The van der Waals surface area contributed by atoms with Gasteiger partial charge in [-0.3, -0.25) is 9.59 Å². The summed E-state index contributed by atoms with van der Waals surface area (Å²) in [6.45, 7) is 11.2. The quantitative estimate of drug-likeness (QED) is 0.689. The lowest BCUT2D eigenvalue weighted by Crippen LogP contribution is -2.51. The summed E-state index contributed by atoms with van der Waals surface area (Å²) in [6.07, 6.45) is 2.34. The fraction of sp³-hybridized carbons (Fsp3) is 0.895. The van der Waals surface area contributed by atoms with Crippen LogP contribution in [-0.4, -0.2) is 67.9 Å². The van der Waals surface area contributed by atoms with Gasteiger partial charge in [0.15, 0.2) is 0 Å². The Balaban J connectivity index is 2.43. The van der Waals surface area contributed by atoms with Gasteiger partial charge in [0, 0.05) is 32.1 Å². The third-order valence-corrected chi connectivity index (χ3v) is 5.21. The van der Waals surface area contributed by atoms with Crippen LogP contribution in [-0.2, 0) is 9.59 Å². The molecule has 1 aliphatic heterocycles. The van der Waals surface area contributed by atoms with Gasteiger partial charge in [0.2, 0.25) is 11.8 Å². The number of amides is 2. The third-order valence-electron chi connectivity index (χ3n) is 5.21. The van der Waals surface area contributed by atoms with Crippen molar-refractivity contribution in [2.24, 2.45) is 23.0 Å². The number of rotatable bonds is 8. The maximum atomic E-state index is 12.4. The molecule has 6 nitrogen and oxygen atoms in total. The van der Waals surface area contributed by atoms with Gasteiger partial charge < -0.3 is 20.9 Å². The minimum absolute atomic E-state index is 0.000899. The average molecular weight is 355 g/mol. The molecule has 0 aromatic rings. The monoisotopic (exact) mass is 354 g/mol. The first kappa shape index (κ1) is 21.9. The van der Waals surface area contributed by atoms with Crippen LogP contribution in [0.4, 0.5) is 0 Å². The van der Waals surface area contributed by atoms with Crippen LogP contribution in [0.3, 0.4) is 0 Å². The Morgan fingerprint density at radius 3 is 2.32 bits per heavy atom. The Morgan fingerprint density at radius 2 is 1.84 bits per heavy atom. The summed E-state index contributed by atoms with van der Waals surface area (Å²) in [5, 5.41) is 3.10. The first-order valence-electron chi connectivity index (χ1n) is 9.54. The lowest BCUT2D eigenvalue weighted by molar-refractivity contribution is -0.137. The number of likely N-dealkylation sites (tertiary alicyclic amines) is 1. The van der Waals surface area contributed by atoms with Gasteiger partial charge in [0.05, 0.1) is 6.04 Å². The molecule has 1 saturated heterocycles. The molecule has 0 aromatic heterocycles. The lowest BCUT2D eigenvalue weighted by Gasteiger charge is -2.35. The fourth-order valence-electron chi connectivity index (χ4n) is 3.45. The Bertz CT molecular complexity index is 443. The van der Waals surface area contributed by atoms with E-state index in [2.05, 4.69) is 24.1 Å². The van der Waals surface area contributed by atoms with E-state index in [1.807, 2.05) is 32.8 Å². The van der Waals surface area contributed by atoms with Gasteiger partial charge in [-0.15, -0.1) is 0 Å². The van der Waals surface area contributed by atoms with Crippen molar-refractivity contribution in [3.8, 4) is 0 Å². The fourth-order valence-corrected chi connectivity index (χ4v) is 3.45. The van der Waals surface area contributed by atoms with Crippen LogP contribution < -0.4 is 11.1 Å². The predicted octanol–water partition coefficient (Wildman–Crippen LogP) is 1.30. The van der Waals surface area contributed by atoms with E-state index < -0.39 is 6.04 Å². The van der Waals surface area contributed by atoms with Crippen LogP contribution in [0.1, 0.15) is 47.0 Å². The number of hydrogen-bond donors (Lipinski definition) is 2. The van der Waals surface area contributed by atoms with Crippen LogP contribution in [0.2, 0.25) is 0 Å². The maximum Gasteiger partial charge on any atom is 0.239 e. The molecule has 0 bridgehead atoms. The maximum absolute atomic E-state index is 12.4. The molecule has 0 saturated carbocycles. The minimum atomic E-state index is -0.429. The molecule has 1 rings (SSSR count). The Labute approximate surface area is 153 Å². The van der Waals surface area contributed by atoms with E-state index in [4.69, 9.17) is 5.73 Å². The van der Waals surface area contributed by atoms with E-state index in [9.17, 15) is 9.59 Å². The second-order valence-corrected chi connectivity index (χ2v) is 8.63. The van der Waals surface area contributed by atoms with E-state index in [0.29, 0.717) is 19.6 Å². The zero-order chi connectivity index (χ0) is 19.2. The standard InChI is InChI=1S/C19H38N4O2/c1-7-14(2)16(20)18(25)23-10-8-15(9-11-23)17(24)21-12-19(3,4)13-22(5)6/h14-16H,7-13,20H2,1-6H3,(H,21,24). The summed E-state index contributed by atoms with van der Waals surface area (Å²) >= 11 is 0. The molecule has 1 aliphatic rings. The molecule has 1 heterocycles. The smallest absolute Gasteiger partial charge is 0.239 e. The molecule has 6 heteroatoms. The summed E-state index contributed by atoms with van der Waals surface area (Å²) in [5.74, 6) is 0.331. The molecule has 0 aliphatic carbocycles. The van der Waals surface area contributed by atoms with Crippen LogP contribution >= 0.6 is 0 Å². The number of carbonyl (C=O) groups excluding carboxylic acids is 2. The van der Waals surface area contributed by atoms with Gasteiger partial charge in [0.1, 0.15) is 0 Å². The number of nitrogens with zero attached hydrogens (tertiary/aromatic N) is 2. The zero-order valence-corrected chi connectivity index (χ0v) is 17.0. The largest absolute Gasteiger partial charge is 0.355 e.